The van der Waals surface area contributed by atoms with Crippen LogP contribution in [-0.4, -0.2) is 24.6 Å². The van der Waals surface area contributed by atoms with E-state index in [0.717, 1.165) is 23.0 Å². The van der Waals surface area contributed by atoms with E-state index in [1.807, 2.05) is 13.1 Å². The Morgan fingerprint density at radius 2 is 2.14 bits per heavy atom. The number of carbonyl (C=O) groups is 1. The molecule has 0 spiro atoms. The Bertz CT molecular complexity index is 653. The van der Waals surface area contributed by atoms with E-state index in [4.69, 9.17) is 4.74 Å². The van der Waals surface area contributed by atoms with E-state index in [-0.39, 0.29) is 5.97 Å². The van der Waals surface area contributed by atoms with Crippen LogP contribution in [0.3, 0.4) is 0 Å². The predicted molar refractivity (Wildman–Crippen MR) is 86.0 cm³/mol. The number of ether oxygens (including phenoxy) is 1. The number of esters is 1. The van der Waals surface area contributed by atoms with E-state index in [2.05, 4.69) is 36.3 Å². The first-order valence-corrected chi connectivity index (χ1v) is 7.39. The number of pyridine rings is 1. The average Bonchev–Trinajstić information content (AvgIpc) is 2.52. The lowest BCUT2D eigenvalue weighted by Crippen LogP contribution is -2.09. The second-order valence-corrected chi connectivity index (χ2v) is 5.10. The average molecular weight is 286 g/mol. The molecule has 4 nitrogen and oxygen atoms in total. The molecule has 4 heteroatoms. The van der Waals surface area contributed by atoms with Crippen LogP contribution in [0.2, 0.25) is 0 Å². The van der Waals surface area contributed by atoms with E-state index in [9.17, 15) is 4.79 Å². The van der Waals surface area contributed by atoms with Crippen molar-refractivity contribution in [2.45, 2.75) is 33.1 Å². The summed E-state index contributed by atoms with van der Waals surface area (Å²) in [5, 5.41) is 4.08. The van der Waals surface area contributed by atoms with Gasteiger partial charge in [0.05, 0.1) is 17.8 Å². The molecule has 1 atom stereocenters. The maximum atomic E-state index is 12.0. The fraction of sp³-hybridized carbons (Fsp3) is 0.412. The lowest BCUT2D eigenvalue weighted by atomic mass is 9.96. The topological polar surface area (TPSA) is 51.2 Å². The lowest BCUT2D eigenvalue weighted by molar-refractivity contribution is 0.0527. The molecule has 0 bridgehead atoms. The minimum atomic E-state index is -0.342. The number of carbonyl (C=O) groups excluding carboxylic acids is 1. The molecule has 0 fully saturated rings. The van der Waals surface area contributed by atoms with Crippen molar-refractivity contribution in [2.24, 2.45) is 0 Å². The van der Waals surface area contributed by atoms with Crippen LogP contribution in [0.25, 0.3) is 10.9 Å². The molecule has 0 aliphatic carbocycles. The molecule has 0 aliphatic rings. The first kappa shape index (κ1) is 15.3. The van der Waals surface area contributed by atoms with Gasteiger partial charge in [0.2, 0.25) is 0 Å². The van der Waals surface area contributed by atoms with Crippen molar-refractivity contribution in [2.75, 3.05) is 19.0 Å². The SMILES string of the molecule is CCOC(=O)c1cnc2ccc(C(C)CC)cc2c1NC. The van der Waals surface area contributed by atoms with Crippen LogP contribution in [0.15, 0.2) is 24.4 Å². The van der Waals surface area contributed by atoms with Crippen LogP contribution in [0.1, 0.15) is 49.0 Å². The number of hydrogen-bond donors (Lipinski definition) is 1. The van der Waals surface area contributed by atoms with Gasteiger partial charge in [0.1, 0.15) is 5.56 Å². The third-order valence-corrected chi connectivity index (χ3v) is 3.82. The predicted octanol–water partition coefficient (Wildman–Crippen LogP) is 3.97. The normalized spacial score (nSPS) is 12.2. The van der Waals surface area contributed by atoms with Gasteiger partial charge < -0.3 is 10.1 Å². The lowest BCUT2D eigenvalue weighted by Gasteiger charge is -2.14. The monoisotopic (exact) mass is 286 g/mol. The molecular weight excluding hydrogens is 264 g/mol. The number of anilines is 1. The highest BCUT2D eigenvalue weighted by Crippen LogP contribution is 2.30. The summed E-state index contributed by atoms with van der Waals surface area (Å²) in [6.45, 7) is 6.52. The van der Waals surface area contributed by atoms with Crippen LogP contribution in [0, 0.1) is 0 Å². The van der Waals surface area contributed by atoms with Gasteiger partial charge >= 0.3 is 5.97 Å². The van der Waals surface area contributed by atoms with Crippen molar-refractivity contribution < 1.29 is 9.53 Å². The van der Waals surface area contributed by atoms with Crippen LogP contribution < -0.4 is 5.32 Å². The number of fused-ring (bicyclic) bond motifs is 1. The summed E-state index contributed by atoms with van der Waals surface area (Å²) < 4.78 is 5.10. The summed E-state index contributed by atoms with van der Waals surface area (Å²) in [6.07, 6.45) is 2.65. The van der Waals surface area contributed by atoms with Gasteiger partial charge in [0, 0.05) is 18.6 Å². The molecule has 0 saturated carbocycles. The molecule has 1 aromatic carbocycles. The zero-order chi connectivity index (χ0) is 15.4. The number of hydrogen-bond acceptors (Lipinski definition) is 4. The second-order valence-electron chi connectivity index (χ2n) is 5.10. The summed E-state index contributed by atoms with van der Waals surface area (Å²) >= 11 is 0. The van der Waals surface area contributed by atoms with Gasteiger partial charge in [-0.1, -0.05) is 19.9 Å². The quantitative estimate of drug-likeness (QED) is 0.845. The molecule has 112 valence electrons. The van der Waals surface area contributed by atoms with E-state index >= 15 is 0 Å². The highest BCUT2D eigenvalue weighted by atomic mass is 16.5. The maximum absolute atomic E-state index is 12.0. The van der Waals surface area contributed by atoms with Crippen molar-refractivity contribution in [1.82, 2.24) is 4.98 Å². The van der Waals surface area contributed by atoms with E-state index in [1.54, 1.807) is 13.1 Å². The zero-order valence-corrected chi connectivity index (χ0v) is 13.1. The minimum absolute atomic E-state index is 0.342. The first-order chi connectivity index (χ1) is 10.1. The van der Waals surface area contributed by atoms with Crippen LogP contribution in [0.4, 0.5) is 5.69 Å². The summed E-state index contributed by atoms with van der Waals surface area (Å²) in [4.78, 5) is 16.4. The molecule has 0 saturated heterocycles. The molecule has 1 heterocycles. The van der Waals surface area contributed by atoms with Crippen molar-refractivity contribution >= 4 is 22.6 Å². The Balaban J connectivity index is 2.61. The highest BCUT2D eigenvalue weighted by Gasteiger charge is 2.16. The van der Waals surface area contributed by atoms with Crippen molar-refractivity contribution in [3.63, 3.8) is 0 Å². The highest BCUT2D eigenvalue weighted by molar-refractivity contribution is 6.05. The number of aromatic nitrogens is 1. The molecule has 1 aromatic heterocycles. The molecule has 21 heavy (non-hydrogen) atoms. The van der Waals surface area contributed by atoms with Gasteiger partial charge in [-0.15, -0.1) is 0 Å². The van der Waals surface area contributed by atoms with E-state index in [0.29, 0.717) is 18.1 Å². The fourth-order valence-electron chi connectivity index (χ4n) is 2.39. The molecule has 1 N–H and O–H groups in total. The molecule has 1 unspecified atom stereocenters. The Morgan fingerprint density at radius 1 is 1.38 bits per heavy atom. The third-order valence-electron chi connectivity index (χ3n) is 3.82. The first-order valence-electron chi connectivity index (χ1n) is 7.39. The van der Waals surface area contributed by atoms with Crippen LogP contribution >= 0.6 is 0 Å². The molecule has 0 radical (unpaired) electrons. The Morgan fingerprint density at radius 3 is 2.76 bits per heavy atom. The number of nitrogens with zero attached hydrogens (tertiary/aromatic N) is 1. The second kappa shape index (κ2) is 6.57. The van der Waals surface area contributed by atoms with Gasteiger partial charge in [-0.05, 0) is 37.0 Å². The summed E-state index contributed by atoms with van der Waals surface area (Å²) in [5.41, 5.74) is 3.39. The van der Waals surface area contributed by atoms with Crippen LogP contribution in [0.5, 0.6) is 0 Å². The Kier molecular flexibility index (Phi) is 4.78. The minimum Gasteiger partial charge on any atom is -0.462 e. The summed E-state index contributed by atoms with van der Waals surface area (Å²) in [7, 11) is 1.81. The molecule has 2 rings (SSSR count). The number of nitrogens with one attached hydrogen (secondary N) is 1. The summed E-state index contributed by atoms with van der Waals surface area (Å²) in [6, 6.07) is 6.23. The van der Waals surface area contributed by atoms with Gasteiger partial charge in [0.15, 0.2) is 0 Å². The van der Waals surface area contributed by atoms with Gasteiger partial charge in [-0.2, -0.15) is 0 Å². The smallest absolute Gasteiger partial charge is 0.341 e. The molecule has 0 aliphatic heterocycles. The van der Waals surface area contributed by atoms with Gasteiger partial charge in [-0.25, -0.2) is 4.79 Å². The number of rotatable bonds is 5. The standard InChI is InChI=1S/C17H22N2O2/c1-5-11(3)12-7-8-15-13(9-12)16(18-4)14(10-19-15)17(20)21-6-2/h7-11H,5-6H2,1-4H3,(H,18,19). The van der Waals surface area contributed by atoms with E-state index < -0.39 is 0 Å². The number of benzene rings is 1. The van der Waals surface area contributed by atoms with Gasteiger partial charge in [0.25, 0.3) is 0 Å². The third kappa shape index (κ3) is 2.99. The molecule has 2 aromatic rings. The van der Waals surface area contributed by atoms with Crippen molar-refractivity contribution in [3.8, 4) is 0 Å². The maximum Gasteiger partial charge on any atom is 0.341 e. The van der Waals surface area contributed by atoms with Crippen molar-refractivity contribution in [3.05, 3.63) is 35.5 Å². The largest absolute Gasteiger partial charge is 0.462 e. The van der Waals surface area contributed by atoms with Crippen LogP contribution in [-0.2, 0) is 4.74 Å². The summed E-state index contributed by atoms with van der Waals surface area (Å²) in [5.74, 6) is 0.135. The van der Waals surface area contributed by atoms with Crippen molar-refractivity contribution in [1.29, 1.82) is 0 Å². The molecule has 0 amide bonds. The zero-order valence-electron chi connectivity index (χ0n) is 13.1. The fourth-order valence-corrected chi connectivity index (χ4v) is 2.39. The van der Waals surface area contributed by atoms with Gasteiger partial charge in [-0.3, -0.25) is 4.98 Å². The van der Waals surface area contributed by atoms with E-state index in [1.165, 1.54) is 5.56 Å². The Labute approximate surface area is 125 Å². The Hall–Kier alpha value is -2.10. The molecular formula is C17H22N2O2.